The lowest BCUT2D eigenvalue weighted by atomic mass is 9.99. The molecule has 1 rings (SSSR count). The highest BCUT2D eigenvalue weighted by Gasteiger charge is 2.37. The van der Waals surface area contributed by atoms with E-state index in [1.165, 1.54) is 5.56 Å². The highest BCUT2D eigenvalue weighted by atomic mass is 28.4. The molecule has 1 unspecified atom stereocenters. The molecule has 0 spiro atoms. The average molecular weight is 354 g/mol. The summed E-state index contributed by atoms with van der Waals surface area (Å²) in [5.74, 6) is 1.53. The van der Waals surface area contributed by atoms with Crippen LogP contribution in [0.15, 0.2) is 12.1 Å². The molecule has 1 aromatic carbocycles. The summed E-state index contributed by atoms with van der Waals surface area (Å²) in [6, 6.07) is 4.36. The minimum atomic E-state index is -1.85. The van der Waals surface area contributed by atoms with Gasteiger partial charge in [-0.15, -0.1) is 0 Å². The molecule has 0 saturated heterocycles. The second-order valence-corrected chi connectivity index (χ2v) is 12.9. The number of nitrogens with zero attached hydrogens (tertiary/aromatic N) is 1. The van der Waals surface area contributed by atoms with E-state index in [9.17, 15) is 0 Å². The molecule has 0 fully saturated rings. The maximum absolute atomic E-state index is 6.48. The van der Waals surface area contributed by atoms with Crippen molar-refractivity contribution in [3.63, 3.8) is 0 Å². The van der Waals surface area contributed by atoms with Crippen molar-refractivity contribution in [1.29, 1.82) is 0 Å². The Balaban J connectivity index is 3.31. The first kappa shape index (κ1) is 21.0. The van der Waals surface area contributed by atoms with Crippen LogP contribution in [0.4, 0.5) is 0 Å². The number of ether oxygens (including phenoxy) is 2. The Morgan fingerprint density at radius 2 is 1.67 bits per heavy atom. The van der Waals surface area contributed by atoms with Crippen molar-refractivity contribution in [3.8, 4) is 11.5 Å². The van der Waals surface area contributed by atoms with Gasteiger partial charge >= 0.3 is 0 Å². The standard InChI is InChI=1S/C19H35NO3Si/c1-14(20(5)6)15-11-12-17(21-7)18(22-8)16(15)13-23-24(9,10)19(2,3)4/h11-12,14H,13H2,1-10H3. The minimum Gasteiger partial charge on any atom is -0.493 e. The van der Waals surface area contributed by atoms with Crippen LogP contribution in [0.3, 0.4) is 0 Å². The number of rotatable bonds is 7. The largest absolute Gasteiger partial charge is 0.493 e. The van der Waals surface area contributed by atoms with Crippen molar-refractivity contribution in [1.82, 2.24) is 4.90 Å². The molecule has 0 aliphatic rings. The zero-order valence-electron chi connectivity index (χ0n) is 17.1. The van der Waals surface area contributed by atoms with E-state index >= 15 is 0 Å². The van der Waals surface area contributed by atoms with Gasteiger partial charge in [0, 0.05) is 11.6 Å². The van der Waals surface area contributed by atoms with Crippen molar-refractivity contribution < 1.29 is 13.9 Å². The van der Waals surface area contributed by atoms with E-state index in [1.54, 1.807) is 14.2 Å². The Hall–Kier alpha value is -1.04. The van der Waals surface area contributed by atoms with Gasteiger partial charge in [0.15, 0.2) is 19.8 Å². The second kappa shape index (κ2) is 7.89. The predicted octanol–water partition coefficient (Wildman–Crippen LogP) is 4.85. The Kier molecular flexibility index (Phi) is 6.91. The Morgan fingerprint density at radius 1 is 1.08 bits per heavy atom. The molecule has 0 bridgehead atoms. The van der Waals surface area contributed by atoms with Crippen LogP contribution in [0.1, 0.15) is 44.9 Å². The lowest BCUT2D eigenvalue weighted by molar-refractivity contribution is 0.257. The third kappa shape index (κ3) is 4.52. The number of methoxy groups -OCH3 is 2. The number of benzene rings is 1. The van der Waals surface area contributed by atoms with Crippen LogP contribution in [0.25, 0.3) is 0 Å². The highest BCUT2D eigenvalue weighted by molar-refractivity contribution is 6.74. The SMILES string of the molecule is COc1ccc(C(C)N(C)C)c(CO[Si](C)(C)C(C)(C)C)c1OC. The van der Waals surface area contributed by atoms with Crippen LogP contribution in [-0.4, -0.2) is 41.5 Å². The third-order valence-electron chi connectivity index (χ3n) is 5.29. The quantitative estimate of drug-likeness (QED) is 0.656. The highest BCUT2D eigenvalue weighted by Crippen LogP contribution is 2.41. The first-order valence-electron chi connectivity index (χ1n) is 8.50. The molecule has 0 N–H and O–H groups in total. The van der Waals surface area contributed by atoms with Gasteiger partial charge in [-0.25, -0.2) is 0 Å². The van der Waals surface area contributed by atoms with Crippen LogP contribution in [0, 0.1) is 0 Å². The summed E-state index contributed by atoms with van der Waals surface area (Å²) in [6.07, 6.45) is 0. The normalized spacial score (nSPS) is 14.0. The maximum atomic E-state index is 6.48. The van der Waals surface area contributed by atoms with Gasteiger partial charge in [0.05, 0.1) is 20.8 Å². The summed E-state index contributed by atoms with van der Waals surface area (Å²) in [6.45, 7) is 14.0. The van der Waals surface area contributed by atoms with Gasteiger partial charge in [0.25, 0.3) is 0 Å². The topological polar surface area (TPSA) is 30.9 Å². The van der Waals surface area contributed by atoms with E-state index in [4.69, 9.17) is 13.9 Å². The molecule has 0 amide bonds. The molecule has 24 heavy (non-hydrogen) atoms. The average Bonchev–Trinajstić information content (AvgIpc) is 2.49. The monoisotopic (exact) mass is 353 g/mol. The molecule has 5 heteroatoms. The molecule has 0 aromatic heterocycles. The molecule has 4 nitrogen and oxygen atoms in total. The van der Waals surface area contributed by atoms with Crippen molar-refractivity contribution >= 4 is 8.32 Å². The fourth-order valence-corrected chi connectivity index (χ4v) is 3.23. The summed E-state index contributed by atoms with van der Waals surface area (Å²) in [7, 11) is 5.68. The van der Waals surface area contributed by atoms with Crippen LogP contribution < -0.4 is 9.47 Å². The molecule has 0 heterocycles. The van der Waals surface area contributed by atoms with Gasteiger partial charge in [0.1, 0.15) is 0 Å². The van der Waals surface area contributed by atoms with Crippen molar-refractivity contribution in [3.05, 3.63) is 23.3 Å². The first-order valence-corrected chi connectivity index (χ1v) is 11.4. The molecule has 0 aliphatic carbocycles. The number of hydrogen-bond donors (Lipinski definition) is 0. The minimum absolute atomic E-state index is 0.173. The van der Waals surface area contributed by atoms with Gasteiger partial charge in [-0.3, -0.25) is 0 Å². The summed E-state index contributed by atoms with van der Waals surface area (Å²) in [4.78, 5) is 2.19. The lowest BCUT2D eigenvalue weighted by Crippen LogP contribution is -2.40. The fourth-order valence-electron chi connectivity index (χ4n) is 2.29. The summed E-state index contributed by atoms with van der Waals surface area (Å²) >= 11 is 0. The molecular formula is C19H35NO3Si. The Morgan fingerprint density at radius 3 is 2.08 bits per heavy atom. The summed E-state index contributed by atoms with van der Waals surface area (Å²) in [5.41, 5.74) is 2.30. The van der Waals surface area contributed by atoms with Gasteiger partial charge in [0.2, 0.25) is 0 Å². The predicted molar refractivity (Wildman–Crippen MR) is 104 cm³/mol. The van der Waals surface area contributed by atoms with E-state index in [0.29, 0.717) is 6.61 Å². The Labute approximate surface area is 149 Å². The van der Waals surface area contributed by atoms with E-state index < -0.39 is 8.32 Å². The van der Waals surface area contributed by atoms with Crippen LogP contribution >= 0.6 is 0 Å². The molecule has 0 radical (unpaired) electrons. The molecule has 138 valence electrons. The molecule has 0 aliphatic heterocycles. The molecule has 1 atom stereocenters. The van der Waals surface area contributed by atoms with Gasteiger partial charge in [-0.1, -0.05) is 26.8 Å². The molecule has 1 aromatic rings. The van der Waals surface area contributed by atoms with Gasteiger partial charge < -0.3 is 18.8 Å². The second-order valence-electron chi connectivity index (χ2n) is 8.06. The third-order valence-corrected chi connectivity index (χ3v) is 9.77. The van der Waals surface area contributed by atoms with Crippen molar-refractivity contribution in [2.45, 2.75) is 58.5 Å². The zero-order valence-corrected chi connectivity index (χ0v) is 18.1. The summed E-state index contributed by atoms with van der Waals surface area (Å²) < 4.78 is 17.6. The van der Waals surface area contributed by atoms with Crippen molar-refractivity contribution in [2.75, 3.05) is 28.3 Å². The fraction of sp³-hybridized carbons (Fsp3) is 0.684. The zero-order chi connectivity index (χ0) is 18.7. The van der Waals surface area contributed by atoms with Crippen LogP contribution in [0.2, 0.25) is 18.1 Å². The maximum Gasteiger partial charge on any atom is 0.192 e. The van der Waals surface area contributed by atoms with E-state index in [0.717, 1.165) is 17.1 Å². The Bertz CT molecular complexity index is 550. The lowest BCUT2D eigenvalue weighted by Gasteiger charge is -2.37. The smallest absolute Gasteiger partial charge is 0.192 e. The molecule has 0 saturated carbocycles. The first-order chi connectivity index (χ1) is 11.0. The van der Waals surface area contributed by atoms with Crippen LogP contribution in [0.5, 0.6) is 11.5 Å². The van der Waals surface area contributed by atoms with Crippen molar-refractivity contribution in [2.24, 2.45) is 0 Å². The van der Waals surface area contributed by atoms with Gasteiger partial charge in [-0.2, -0.15) is 0 Å². The van der Waals surface area contributed by atoms with E-state index in [-0.39, 0.29) is 11.1 Å². The molecular weight excluding hydrogens is 318 g/mol. The van der Waals surface area contributed by atoms with E-state index in [1.807, 2.05) is 6.07 Å². The van der Waals surface area contributed by atoms with Gasteiger partial charge in [-0.05, 0) is 50.8 Å². The number of hydrogen-bond acceptors (Lipinski definition) is 4. The van der Waals surface area contributed by atoms with E-state index in [2.05, 4.69) is 65.9 Å². The summed E-state index contributed by atoms with van der Waals surface area (Å²) in [5, 5.41) is 0.173. The van der Waals surface area contributed by atoms with Crippen LogP contribution in [-0.2, 0) is 11.0 Å².